The molecule has 1 atom stereocenters. The summed E-state index contributed by atoms with van der Waals surface area (Å²) in [5.74, 6) is 0.795. The lowest BCUT2D eigenvalue weighted by Crippen LogP contribution is -2.43. The summed E-state index contributed by atoms with van der Waals surface area (Å²) in [5, 5.41) is 3.65. The van der Waals surface area contributed by atoms with Gasteiger partial charge < -0.3 is 5.32 Å². The highest BCUT2D eigenvalue weighted by molar-refractivity contribution is 4.82. The van der Waals surface area contributed by atoms with Crippen LogP contribution in [0.2, 0.25) is 0 Å². The van der Waals surface area contributed by atoms with Gasteiger partial charge in [0, 0.05) is 12.1 Å². The third-order valence-electron chi connectivity index (χ3n) is 2.80. The molecule has 0 radical (unpaired) electrons. The van der Waals surface area contributed by atoms with E-state index in [-0.39, 0.29) is 5.54 Å². The molecule has 0 aliphatic carbocycles. The van der Waals surface area contributed by atoms with Crippen molar-refractivity contribution in [3.05, 3.63) is 0 Å². The Labute approximate surface area is 97.0 Å². The van der Waals surface area contributed by atoms with Crippen molar-refractivity contribution < 1.29 is 0 Å². The summed E-state index contributed by atoms with van der Waals surface area (Å²) in [6.07, 6.45) is 3.94. The van der Waals surface area contributed by atoms with E-state index in [1.54, 1.807) is 0 Å². The molecule has 92 valence electrons. The standard InChI is InChI=1S/C14H31N/c1-8-9-14(7,10-12(2)3)11-15-13(4,5)6/h12,15H,8-11H2,1-7H3. The first-order chi connectivity index (χ1) is 6.68. The molecule has 0 saturated heterocycles. The van der Waals surface area contributed by atoms with E-state index in [4.69, 9.17) is 0 Å². The van der Waals surface area contributed by atoms with Crippen LogP contribution in [-0.4, -0.2) is 12.1 Å². The van der Waals surface area contributed by atoms with E-state index in [1.165, 1.54) is 19.3 Å². The first-order valence-corrected chi connectivity index (χ1v) is 6.43. The molecule has 1 nitrogen and oxygen atoms in total. The molecule has 0 aromatic heterocycles. The molecule has 1 heteroatoms. The molecule has 0 amide bonds. The molecule has 0 bridgehead atoms. The SMILES string of the molecule is CCCC(C)(CNC(C)(C)C)CC(C)C. The van der Waals surface area contributed by atoms with E-state index in [1.807, 2.05) is 0 Å². The van der Waals surface area contributed by atoms with Crippen LogP contribution in [0.1, 0.15) is 67.7 Å². The summed E-state index contributed by atoms with van der Waals surface area (Å²) < 4.78 is 0. The lowest BCUT2D eigenvalue weighted by Gasteiger charge is -2.35. The third-order valence-corrected chi connectivity index (χ3v) is 2.80. The van der Waals surface area contributed by atoms with Gasteiger partial charge in [-0.3, -0.25) is 0 Å². The van der Waals surface area contributed by atoms with Crippen molar-refractivity contribution in [1.82, 2.24) is 5.32 Å². The van der Waals surface area contributed by atoms with Crippen LogP contribution in [-0.2, 0) is 0 Å². The van der Waals surface area contributed by atoms with Gasteiger partial charge in [0.25, 0.3) is 0 Å². The molecular formula is C14H31N. The van der Waals surface area contributed by atoms with Crippen LogP contribution >= 0.6 is 0 Å². The van der Waals surface area contributed by atoms with Crippen molar-refractivity contribution in [3.63, 3.8) is 0 Å². The number of rotatable bonds is 6. The fourth-order valence-electron chi connectivity index (χ4n) is 2.33. The van der Waals surface area contributed by atoms with Crippen molar-refractivity contribution in [2.45, 2.75) is 73.3 Å². The van der Waals surface area contributed by atoms with E-state index in [0.29, 0.717) is 5.41 Å². The molecule has 0 spiro atoms. The zero-order valence-electron chi connectivity index (χ0n) is 11.9. The van der Waals surface area contributed by atoms with Crippen LogP contribution < -0.4 is 5.32 Å². The second-order valence-electron chi connectivity index (χ2n) is 6.76. The van der Waals surface area contributed by atoms with E-state index in [0.717, 1.165) is 12.5 Å². The van der Waals surface area contributed by atoms with Gasteiger partial charge in [-0.05, 0) is 44.9 Å². The lowest BCUT2D eigenvalue weighted by molar-refractivity contribution is 0.203. The van der Waals surface area contributed by atoms with Crippen molar-refractivity contribution in [1.29, 1.82) is 0 Å². The summed E-state index contributed by atoms with van der Waals surface area (Å²) in [7, 11) is 0. The summed E-state index contributed by atoms with van der Waals surface area (Å²) in [6.45, 7) is 17.2. The quantitative estimate of drug-likeness (QED) is 0.696. The second-order valence-corrected chi connectivity index (χ2v) is 6.76. The molecule has 0 fully saturated rings. The van der Waals surface area contributed by atoms with Crippen LogP contribution in [0.25, 0.3) is 0 Å². The molecular weight excluding hydrogens is 182 g/mol. The van der Waals surface area contributed by atoms with Crippen LogP contribution in [0, 0.1) is 11.3 Å². The Bertz CT molecular complexity index is 167. The molecule has 1 N–H and O–H groups in total. The van der Waals surface area contributed by atoms with Crippen LogP contribution in [0.4, 0.5) is 0 Å². The molecule has 0 aromatic rings. The Balaban J connectivity index is 4.24. The molecule has 0 rings (SSSR count). The van der Waals surface area contributed by atoms with Crippen LogP contribution in [0.15, 0.2) is 0 Å². The van der Waals surface area contributed by atoms with Gasteiger partial charge in [-0.1, -0.05) is 34.1 Å². The molecule has 0 aliphatic rings. The minimum Gasteiger partial charge on any atom is -0.312 e. The van der Waals surface area contributed by atoms with Gasteiger partial charge in [0.1, 0.15) is 0 Å². The maximum absolute atomic E-state index is 3.65. The van der Waals surface area contributed by atoms with Gasteiger partial charge in [0.15, 0.2) is 0 Å². The fraction of sp³-hybridized carbons (Fsp3) is 1.00. The summed E-state index contributed by atoms with van der Waals surface area (Å²) in [5.41, 5.74) is 0.710. The van der Waals surface area contributed by atoms with Crippen molar-refractivity contribution in [2.24, 2.45) is 11.3 Å². The summed E-state index contributed by atoms with van der Waals surface area (Å²) >= 11 is 0. The van der Waals surface area contributed by atoms with E-state index in [2.05, 4.69) is 53.8 Å². The molecule has 0 aliphatic heterocycles. The monoisotopic (exact) mass is 213 g/mol. The van der Waals surface area contributed by atoms with E-state index < -0.39 is 0 Å². The average Bonchev–Trinajstić information content (AvgIpc) is 1.99. The van der Waals surface area contributed by atoms with Crippen LogP contribution in [0.3, 0.4) is 0 Å². The highest BCUT2D eigenvalue weighted by Gasteiger charge is 2.26. The van der Waals surface area contributed by atoms with Crippen LogP contribution in [0.5, 0.6) is 0 Å². The van der Waals surface area contributed by atoms with E-state index in [9.17, 15) is 0 Å². The number of nitrogens with one attached hydrogen (secondary N) is 1. The largest absolute Gasteiger partial charge is 0.312 e. The first-order valence-electron chi connectivity index (χ1n) is 6.43. The number of hydrogen-bond donors (Lipinski definition) is 1. The van der Waals surface area contributed by atoms with Gasteiger partial charge in [-0.2, -0.15) is 0 Å². The Morgan fingerprint density at radius 2 is 1.60 bits per heavy atom. The Kier molecular flexibility index (Phi) is 5.87. The van der Waals surface area contributed by atoms with Gasteiger partial charge in [0.2, 0.25) is 0 Å². The van der Waals surface area contributed by atoms with Crippen molar-refractivity contribution >= 4 is 0 Å². The Hall–Kier alpha value is -0.0400. The predicted octanol–water partition coefficient (Wildman–Crippen LogP) is 4.23. The number of hydrogen-bond acceptors (Lipinski definition) is 1. The zero-order chi connectivity index (χ0) is 12.1. The highest BCUT2D eigenvalue weighted by atomic mass is 15.0. The first kappa shape index (κ1) is 15.0. The normalized spacial score (nSPS) is 16.8. The summed E-state index contributed by atoms with van der Waals surface area (Å²) in [4.78, 5) is 0. The van der Waals surface area contributed by atoms with Gasteiger partial charge in [-0.25, -0.2) is 0 Å². The topological polar surface area (TPSA) is 12.0 Å². The molecule has 0 aromatic carbocycles. The van der Waals surface area contributed by atoms with Crippen molar-refractivity contribution in [2.75, 3.05) is 6.54 Å². The highest BCUT2D eigenvalue weighted by Crippen LogP contribution is 2.31. The molecule has 15 heavy (non-hydrogen) atoms. The Morgan fingerprint density at radius 3 is 1.93 bits per heavy atom. The maximum Gasteiger partial charge on any atom is 0.00967 e. The van der Waals surface area contributed by atoms with Gasteiger partial charge in [-0.15, -0.1) is 0 Å². The smallest absolute Gasteiger partial charge is 0.00967 e. The van der Waals surface area contributed by atoms with Gasteiger partial charge >= 0.3 is 0 Å². The minimum atomic E-state index is 0.242. The van der Waals surface area contributed by atoms with Crippen molar-refractivity contribution in [3.8, 4) is 0 Å². The maximum atomic E-state index is 3.65. The molecule has 1 unspecified atom stereocenters. The zero-order valence-corrected chi connectivity index (χ0v) is 11.9. The summed E-state index contributed by atoms with van der Waals surface area (Å²) in [6, 6.07) is 0. The molecule has 0 heterocycles. The van der Waals surface area contributed by atoms with Gasteiger partial charge in [0.05, 0.1) is 0 Å². The van der Waals surface area contributed by atoms with E-state index >= 15 is 0 Å². The molecule has 0 saturated carbocycles. The minimum absolute atomic E-state index is 0.242. The lowest BCUT2D eigenvalue weighted by atomic mass is 9.78. The fourth-order valence-corrected chi connectivity index (χ4v) is 2.33. The Morgan fingerprint density at radius 1 is 1.07 bits per heavy atom. The average molecular weight is 213 g/mol. The second kappa shape index (κ2) is 5.89. The third kappa shape index (κ3) is 7.84. The predicted molar refractivity (Wildman–Crippen MR) is 70.2 cm³/mol.